The van der Waals surface area contributed by atoms with E-state index >= 15 is 0 Å². The summed E-state index contributed by atoms with van der Waals surface area (Å²) < 4.78 is 5.59. The van der Waals surface area contributed by atoms with E-state index in [0.29, 0.717) is 32.6 Å². The third kappa shape index (κ3) is 4.08. The molecule has 1 unspecified atom stereocenters. The number of thioether (sulfide) groups is 1. The highest BCUT2D eigenvalue weighted by molar-refractivity contribution is 7.98. The van der Waals surface area contributed by atoms with Crippen LogP contribution in [0.25, 0.3) is 0 Å². The van der Waals surface area contributed by atoms with Crippen molar-refractivity contribution in [1.29, 1.82) is 0 Å². The van der Waals surface area contributed by atoms with Crippen molar-refractivity contribution in [1.82, 2.24) is 15.1 Å². The molecule has 7 nitrogen and oxygen atoms in total. The van der Waals surface area contributed by atoms with Crippen LogP contribution in [0.15, 0.2) is 32.8 Å². The Morgan fingerprint density at radius 1 is 1.27 bits per heavy atom. The Hall–Kier alpha value is -1.90. The van der Waals surface area contributed by atoms with Gasteiger partial charge in [-0.15, -0.1) is 10.2 Å². The second-order valence-electron chi connectivity index (χ2n) is 5.68. The molecular formula is C16H14Cl2N4O3S. The SMILES string of the molecule is CC1=NC(=O)N(C)C(=O)C1Cc1nnc(SCc2ccc(Cl)cc2Cl)o1. The predicted molar refractivity (Wildman–Crippen MR) is 98.8 cm³/mol. The lowest BCUT2D eigenvalue weighted by Gasteiger charge is -2.24. The van der Waals surface area contributed by atoms with Gasteiger partial charge in [0.05, 0.1) is 5.92 Å². The standard InChI is InChI=1S/C16H14Cl2N4O3S/c1-8-11(14(23)22(2)15(24)19-8)6-13-20-21-16(25-13)26-7-9-3-4-10(17)5-12(9)18/h3-5,11H,6-7H2,1-2H3. The molecule has 0 saturated heterocycles. The number of urea groups is 1. The molecule has 2 heterocycles. The molecule has 1 aliphatic rings. The van der Waals surface area contributed by atoms with E-state index < -0.39 is 11.9 Å². The fourth-order valence-electron chi connectivity index (χ4n) is 2.38. The van der Waals surface area contributed by atoms with E-state index in [2.05, 4.69) is 15.2 Å². The molecule has 0 saturated carbocycles. The predicted octanol–water partition coefficient (Wildman–Crippen LogP) is 3.88. The fourth-order valence-corrected chi connectivity index (χ4v) is 3.72. The van der Waals surface area contributed by atoms with Crippen LogP contribution in [0.5, 0.6) is 0 Å². The molecule has 0 bridgehead atoms. The molecule has 0 N–H and O–H groups in total. The molecule has 0 fully saturated rings. The number of aromatic nitrogens is 2. The quantitative estimate of drug-likeness (QED) is 0.692. The summed E-state index contributed by atoms with van der Waals surface area (Å²) in [6, 6.07) is 4.71. The highest BCUT2D eigenvalue weighted by Gasteiger charge is 2.34. The molecule has 3 rings (SSSR count). The van der Waals surface area contributed by atoms with Gasteiger partial charge in [0.1, 0.15) is 0 Å². The number of nitrogens with zero attached hydrogens (tertiary/aromatic N) is 4. The normalized spacial score (nSPS) is 17.6. The molecule has 136 valence electrons. The van der Waals surface area contributed by atoms with Crippen LogP contribution < -0.4 is 0 Å². The average Bonchev–Trinajstić information content (AvgIpc) is 3.04. The van der Waals surface area contributed by atoms with Crippen molar-refractivity contribution in [2.75, 3.05) is 7.05 Å². The van der Waals surface area contributed by atoms with Gasteiger partial charge in [-0.3, -0.25) is 9.69 Å². The van der Waals surface area contributed by atoms with Crippen LogP contribution in [0.4, 0.5) is 4.79 Å². The average molecular weight is 413 g/mol. The van der Waals surface area contributed by atoms with Crippen LogP contribution in [0.3, 0.4) is 0 Å². The second kappa shape index (κ2) is 7.77. The van der Waals surface area contributed by atoms with E-state index in [1.54, 1.807) is 19.1 Å². The Labute approximate surface area is 163 Å². The number of rotatable bonds is 5. The van der Waals surface area contributed by atoms with Gasteiger partial charge in [-0.1, -0.05) is 41.0 Å². The highest BCUT2D eigenvalue weighted by atomic mass is 35.5. The molecule has 26 heavy (non-hydrogen) atoms. The monoisotopic (exact) mass is 412 g/mol. The number of aliphatic imine (C=N–C) groups is 1. The Kier molecular flexibility index (Phi) is 5.64. The minimum Gasteiger partial charge on any atom is -0.416 e. The lowest BCUT2D eigenvalue weighted by molar-refractivity contribution is -0.129. The zero-order valence-corrected chi connectivity index (χ0v) is 16.2. The van der Waals surface area contributed by atoms with Crippen molar-refractivity contribution >= 4 is 52.6 Å². The fraction of sp³-hybridized carbons (Fsp3) is 0.312. The van der Waals surface area contributed by atoms with Crippen molar-refractivity contribution in [3.05, 3.63) is 39.7 Å². The van der Waals surface area contributed by atoms with Gasteiger partial charge in [0.25, 0.3) is 5.22 Å². The van der Waals surface area contributed by atoms with E-state index in [1.807, 2.05) is 6.07 Å². The summed E-state index contributed by atoms with van der Waals surface area (Å²) in [6.07, 6.45) is 0.195. The van der Waals surface area contributed by atoms with E-state index in [-0.39, 0.29) is 12.3 Å². The molecule has 1 aromatic heterocycles. The van der Waals surface area contributed by atoms with Crippen LogP contribution in [-0.4, -0.2) is 39.8 Å². The van der Waals surface area contributed by atoms with E-state index in [1.165, 1.54) is 18.8 Å². The molecular weight excluding hydrogens is 399 g/mol. The molecule has 2 aromatic rings. The summed E-state index contributed by atoms with van der Waals surface area (Å²) in [5, 5.41) is 9.45. The van der Waals surface area contributed by atoms with Gasteiger partial charge in [-0.2, -0.15) is 0 Å². The number of benzene rings is 1. The summed E-state index contributed by atoms with van der Waals surface area (Å²) >= 11 is 13.4. The Bertz CT molecular complexity index is 899. The first-order valence-corrected chi connectivity index (χ1v) is 9.35. The molecule has 0 radical (unpaired) electrons. The van der Waals surface area contributed by atoms with Crippen molar-refractivity contribution in [3.63, 3.8) is 0 Å². The first-order chi connectivity index (χ1) is 12.3. The maximum absolute atomic E-state index is 12.2. The summed E-state index contributed by atoms with van der Waals surface area (Å²) in [5.41, 5.74) is 1.34. The van der Waals surface area contributed by atoms with Crippen LogP contribution in [0.1, 0.15) is 18.4 Å². The summed E-state index contributed by atoms with van der Waals surface area (Å²) in [6.45, 7) is 1.64. The third-order valence-electron chi connectivity index (χ3n) is 3.89. The van der Waals surface area contributed by atoms with Gasteiger partial charge in [-0.25, -0.2) is 9.79 Å². The van der Waals surface area contributed by atoms with Crippen molar-refractivity contribution in [3.8, 4) is 0 Å². The minimum atomic E-state index is -0.582. The van der Waals surface area contributed by atoms with Crippen molar-refractivity contribution in [2.24, 2.45) is 10.9 Å². The number of hydrogen-bond acceptors (Lipinski definition) is 6. The number of hydrogen-bond donors (Lipinski definition) is 0. The van der Waals surface area contributed by atoms with Crippen LogP contribution in [0, 0.1) is 5.92 Å². The van der Waals surface area contributed by atoms with Gasteiger partial charge in [0.15, 0.2) is 0 Å². The minimum absolute atomic E-state index is 0.195. The van der Waals surface area contributed by atoms with E-state index in [0.717, 1.165) is 10.5 Å². The van der Waals surface area contributed by atoms with Crippen LogP contribution >= 0.6 is 35.0 Å². The number of carbonyl (C=O) groups is 2. The molecule has 10 heteroatoms. The van der Waals surface area contributed by atoms with Gasteiger partial charge in [-0.05, 0) is 24.6 Å². The number of imide groups is 1. The topological polar surface area (TPSA) is 88.7 Å². The summed E-state index contributed by atoms with van der Waals surface area (Å²) in [7, 11) is 1.40. The molecule has 3 amide bonds. The second-order valence-corrected chi connectivity index (χ2v) is 7.45. The zero-order chi connectivity index (χ0) is 18.8. The largest absolute Gasteiger partial charge is 0.416 e. The van der Waals surface area contributed by atoms with E-state index in [4.69, 9.17) is 27.6 Å². The number of halogens is 2. The van der Waals surface area contributed by atoms with E-state index in [9.17, 15) is 9.59 Å². The molecule has 1 aromatic carbocycles. The van der Waals surface area contributed by atoms with Crippen molar-refractivity contribution in [2.45, 2.75) is 24.3 Å². The highest BCUT2D eigenvalue weighted by Crippen LogP contribution is 2.28. The smallest absolute Gasteiger partial charge is 0.349 e. The lowest BCUT2D eigenvalue weighted by Crippen LogP contribution is -2.44. The van der Waals surface area contributed by atoms with Crippen LogP contribution in [-0.2, 0) is 17.0 Å². The molecule has 1 atom stereocenters. The summed E-state index contributed by atoms with van der Waals surface area (Å²) in [4.78, 5) is 28.6. The van der Waals surface area contributed by atoms with Crippen LogP contribution in [0.2, 0.25) is 10.0 Å². The number of amides is 3. The number of carbonyl (C=O) groups excluding carboxylic acids is 2. The lowest BCUT2D eigenvalue weighted by atomic mass is 9.97. The maximum atomic E-state index is 12.2. The van der Waals surface area contributed by atoms with Gasteiger partial charge in [0, 0.05) is 35.0 Å². The zero-order valence-electron chi connectivity index (χ0n) is 13.9. The van der Waals surface area contributed by atoms with Gasteiger partial charge in [0.2, 0.25) is 11.8 Å². The Balaban J connectivity index is 1.65. The van der Waals surface area contributed by atoms with Crippen molar-refractivity contribution < 1.29 is 14.0 Å². The molecule has 0 spiro atoms. The first-order valence-electron chi connectivity index (χ1n) is 7.61. The molecule has 0 aliphatic carbocycles. The first kappa shape index (κ1) is 18.9. The summed E-state index contributed by atoms with van der Waals surface area (Å²) in [5.74, 6) is -0.0625. The third-order valence-corrected chi connectivity index (χ3v) is 5.34. The maximum Gasteiger partial charge on any atom is 0.349 e. The van der Waals surface area contributed by atoms with Gasteiger partial charge < -0.3 is 4.42 Å². The Morgan fingerprint density at radius 2 is 2.04 bits per heavy atom. The molecule has 1 aliphatic heterocycles. The van der Waals surface area contributed by atoms with Gasteiger partial charge >= 0.3 is 6.03 Å². The Morgan fingerprint density at radius 3 is 2.77 bits per heavy atom.